The summed E-state index contributed by atoms with van der Waals surface area (Å²) in [6.45, 7) is 3.08. The molecule has 0 atom stereocenters. The lowest BCUT2D eigenvalue weighted by molar-refractivity contribution is 0.134. The molecule has 90 valence electrons. The van der Waals surface area contributed by atoms with Crippen LogP contribution in [0.25, 0.3) is 0 Å². The Labute approximate surface area is 100 Å². The Hall–Kier alpha value is -0.680. The highest BCUT2D eigenvalue weighted by Crippen LogP contribution is 2.28. The Morgan fingerprint density at radius 2 is 2.06 bits per heavy atom. The SMILES string of the molecule is CNCc1nnc(OC2CCC(C)CC2)s1. The number of nitrogens with one attached hydrogen (secondary N) is 1. The van der Waals surface area contributed by atoms with Gasteiger partial charge in [0.2, 0.25) is 0 Å². The smallest absolute Gasteiger partial charge is 0.294 e. The minimum Gasteiger partial charge on any atom is -0.466 e. The quantitative estimate of drug-likeness (QED) is 0.878. The average Bonchev–Trinajstić information content (AvgIpc) is 2.70. The molecule has 1 fully saturated rings. The molecule has 0 aromatic carbocycles. The zero-order chi connectivity index (χ0) is 11.4. The molecule has 0 aliphatic heterocycles. The zero-order valence-corrected chi connectivity index (χ0v) is 10.7. The number of nitrogens with zero attached hydrogens (tertiary/aromatic N) is 2. The van der Waals surface area contributed by atoms with E-state index in [4.69, 9.17) is 4.74 Å². The Kier molecular flexibility index (Phi) is 4.12. The van der Waals surface area contributed by atoms with E-state index in [1.165, 1.54) is 12.8 Å². The predicted octanol–water partition coefficient (Wildman–Crippen LogP) is 2.21. The maximum atomic E-state index is 5.85. The van der Waals surface area contributed by atoms with Crippen LogP contribution in [0.1, 0.15) is 37.6 Å². The van der Waals surface area contributed by atoms with Crippen LogP contribution in [-0.4, -0.2) is 23.3 Å². The summed E-state index contributed by atoms with van der Waals surface area (Å²) in [6, 6.07) is 0. The number of hydrogen-bond acceptors (Lipinski definition) is 5. The van der Waals surface area contributed by atoms with Gasteiger partial charge in [0.15, 0.2) is 0 Å². The van der Waals surface area contributed by atoms with Crippen LogP contribution in [-0.2, 0) is 6.54 Å². The van der Waals surface area contributed by atoms with Crippen molar-refractivity contribution in [1.82, 2.24) is 15.5 Å². The van der Waals surface area contributed by atoms with Crippen LogP contribution < -0.4 is 10.1 Å². The van der Waals surface area contributed by atoms with Crippen LogP contribution in [0.5, 0.6) is 5.19 Å². The molecule has 1 N–H and O–H groups in total. The van der Waals surface area contributed by atoms with Gasteiger partial charge in [-0.1, -0.05) is 23.4 Å². The summed E-state index contributed by atoms with van der Waals surface area (Å²) in [6.07, 6.45) is 5.20. The minimum atomic E-state index is 0.353. The molecule has 1 heterocycles. The molecule has 4 nitrogen and oxygen atoms in total. The molecule has 0 radical (unpaired) electrons. The second-order valence-electron chi connectivity index (χ2n) is 4.49. The molecule has 2 rings (SSSR count). The summed E-state index contributed by atoms with van der Waals surface area (Å²) in [5, 5.41) is 12.9. The predicted molar refractivity (Wildman–Crippen MR) is 64.7 cm³/mol. The van der Waals surface area contributed by atoms with E-state index in [1.54, 1.807) is 11.3 Å². The lowest BCUT2D eigenvalue weighted by Crippen LogP contribution is -2.22. The van der Waals surface area contributed by atoms with Crippen molar-refractivity contribution in [2.45, 2.75) is 45.3 Å². The van der Waals surface area contributed by atoms with Crippen LogP contribution in [0.15, 0.2) is 0 Å². The van der Waals surface area contributed by atoms with Crippen LogP contribution in [0.4, 0.5) is 0 Å². The third-order valence-corrected chi connectivity index (χ3v) is 3.82. The van der Waals surface area contributed by atoms with Crippen molar-refractivity contribution in [3.63, 3.8) is 0 Å². The molecule has 1 aromatic rings. The van der Waals surface area contributed by atoms with Crippen LogP contribution in [0.3, 0.4) is 0 Å². The lowest BCUT2D eigenvalue weighted by Gasteiger charge is -2.25. The van der Waals surface area contributed by atoms with Crippen molar-refractivity contribution < 1.29 is 4.74 Å². The first-order valence-corrected chi connectivity index (χ1v) is 6.73. The van der Waals surface area contributed by atoms with Crippen molar-refractivity contribution in [2.24, 2.45) is 5.92 Å². The van der Waals surface area contributed by atoms with Gasteiger partial charge >= 0.3 is 0 Å². The molecule has 0 bridgehead atoms. The maximum absolute atomic E-state index is 5.85. The number of rotatable bonds is 4. The summed E-state index contributed by atoms with van der Waals surface area (Å²) in [5.74, 6) is 0.856. The average molecular weight is 241 g/mol. The van der Waals surface area contributed by atoms with E-state index in [0.29, 0.717) is 6.10 Å². The van der Waals surface area contributed by atoms with E-state index in [-0.39, 0.29) is 0 Å². The van der Waals surface area contributed by atoms with Crippen LogP contribution >= 0.6 is 11.3 Å². The Bertz CT molecular complexity index is 321. The molecule has 16 heavy (non-hydrogen) atoms. The van der Waals surface area contributed by atoms with Gasteiger partial charge in [-0.05, 0) is 38.6 Å². The van der Waals surface area contributed by atoms with Crippen molar-refractivity contribution in [3.05, 3.63) is 5.01 Å². The summed E-state index contributed by atoms with van der Waals surface area (Å²) >= 11 is 1.54. The summed E-state index contributed by atoms with van der Waals surface area (Å²) in [4.78, 5) is 0. The second-order valence-corrected chi connectivity index (χ2v) is 5.52. The first-order valence-electron chi connectivity index (χ1n) is 5.91. The van der Waals surface area contributed by atoms with E-state index >= 15 is 0 Å². The van der Waals surface area contributed by atoms with Gasteiger partial charge in [0.25, 0.3) is 5.19 Å². The zero-order valence-electron chi connectivity index (χ0n) is 9.90. The fourth-order valence-corrected chi connectivity index (χ4v) is 2.76. The van der Waals surface area contributed by atoms with Crippen LogP contribution in [0, 0.1) is 5.92 Å². The number of aromatic nitrogens is 2. The second kappa shape index (κ2) is 5.59. The third kappa shape index (κ3) is 3.15. The summed E-state index contributed by atoms with van der Waals surface area (Å²) in [5.41, 5.74) is 0. The van der Waals surface area contributed by atoms with Crippen molar-refractivity contribution in [1.29, 1.82) is 0 Å². The molecule has 5 heteroatoms. The molecule has 0 unspecified atom stereocenters. The van der Waals surface area contributed by atoms with Gasteiger partial charge in [-0.15, -0.1) is 5.10 Å². The standard InChI is InChI=1S/C11H19N3OS/c1-8-3-5-9(6-4-8)15-11-14-13-10(16-11)7-12-2/h8-9,12H,3-7H2,1-2H3. The Morgan fingerprint density at radius 1 is 1.31 bits per heavy atom. The third-order valence-electron chi connectivity index (χ3n) is 3.01. The summed E-state index contributed by atoms with van der Waals surface area (Å²) in [7, 11) is 1.91. The van der Waals surface area contributed by atoms with Gasteiger partial charge in [0.1, 0.15) is 11.1 Å². The summed E-state index contributed by atoms with van der Waals surface area (Å²) < 4.78 is 5.85. The highest BCUT2D eigenvalue weighted by atomic mass is 32.1. The van der Waals surface area contributed by atoms with Crippen molar-refractivity contribution in [3.8, 4) is 5.19 Å². The minimum absolute atomic E-state index is 0.353. The van der Waals surface area contributed by atoms with Crippen LogP contribution in [0.2, 0.25) is 0 Å². The normalized spacial score (nSPS) is 25.6. The van der Waals surface area contributed by atoms with Gasteiger partial charge in [-0.2, -0.15) is 0 Å². The Balaban J connectivity index is 1.83. The number of hydrogen-bond donors (Lipinski definition) is 1. The topological polar surface area (TPSA) is 47.0 Å². The molecule has 1 aliphatic rings. The van der Waals surface area contributed by atoms with Gasteiger partial charge in [-0.3, -0.25) is 0 Å². The molecule has 0 spiro atoms. The van der Waals surface area contributed by atoms with E-state index in [0.717, 1.165) is 35.5 Å². The van der Waals surface area contributed by atoms with Gasteiger partial charge in [-0.25, -0.2) is 0 Å². The molecule has 1 aliphatic carbocycles. The van der Waals surface area contributed by atoms with Gasteiger partial charge < -0.3 is 10.1 Å². The molecular weight excluding hydrogens is 222 g/mol. The number of ether oxygens (including phenoxy) is 1. The Morgan fingerprint density at radius 3 is 2.75 bits per heavy atom. The fraction of sp³-hybridized carbons (Fsp3) is 0.818. The maximum Gasteiger partial charge on any atom is 0.294 e. The largest absolute Gasteiger partial charge is 0.466 e. The fourth-order valence-electron chi connectivity index (χ4n) is 2.00. The van der Waals surface area contributed by atoms with E-state index in [1.807, 2.05) is 7.05 Å². The molecule has 0 amide bonds. The van der Waals surface area contributed by atoms with E-state index in [2.05, 4.69) is 22.4 Å². The van der Waals surface area contributed by atoms with Gasteiger partial charge in [0.05, 0.1) is 0 Å². The van der Waals surface area contributed by atoms with E-state index in [9.17, 15) is 0 Å². The molecule has 0 saturated heterocycles. The molecular formula is C11H19N3OS. The first-order chi connectivity index (χ1) is 7.78. The molecule has 1 aromatic heterocycles. The van der Waals surface area contributed by atoms with Gasteiger partial charge in [0, 0.05) is 6.54 Å². The van der Waals surface area contributed by atoms with Crippen molar-refractivity contribution >= 4 is 11.3 Å². The lowest BCUT2D eigenvalue weighted by atomic mass is 9.89. The highest BCUT2D eigenvalue weighted by Gasteiger charge is 2.20. The highest BCUT2D eigenvalue weighted by molar-refractivity contribution is 7.13. The molecule has 1 saturated carbocycles. The first kappa shape index (κ1) is 11.8. The van der Waals surface area contributed by atoms with E-state index < -0.39 is 0 Å². The van der Waals surface area contributed by atoms with Crippen molar-refractivity contribution in [2.75, 3.05) is 7.05 Å². The monoisotopic (exact) mass is 241 g/mol.